The lowest BCUT2D eigenvalue weighted by molar-refractivity contribution is 0.417. The van der Waals surface area contributed by atoms with E-state index in [1.54, 1.807) is 0 Å². The first-order chi connectivity index (χ1) is 7.88. The largest absolute Gasteiger partial charge is 0.453 e. The van der Waals surface area contributed by atoms with Crippen LogP contribution in [0.1, 0.15) is 25.1 Å². The molecule has 0 radical (unpaired) electrons. The van der Waals surface area contributed by atoms with Crippen molar-refractivity contribution >= 4 is 26.0 Å². The Morgan fingerprint density at radius 1 is 1.41 bits per heavy atom. The van der Waals surface area contributed by atoms with Gasteiger partial charge in [-0.1, -0.05) is 0 Å². The smallest absolute Gasteiger partial charge is 0.208 e. The second kappa shape index (κ2) is 6.53. The molecule has 1 rings (SSSR count). The molecule has 7 heteroatoms. The van der Waals surface area contributed by atoms with Crippen LogP contribution in [0.25, 0.3) is 0 Å². The SMILES string of the molecule is CC(NCCCNS(C)(=O)=O)c1ccc(Br)o1. The Balaban J connectivity index is 2.19. The van der Waals surface area contributed by atoms with E-state index >= 15 is 0 Å². The molecule has 1 atom stereocenters. The standard InChI is InChI=1S/C10H17BrN2O3S/c1-8(9-4-5-10(11)16-9)12-6-3-7-13-17(2,14)15/h4-5,8,12-13H,3,6-7H2,1-2H3. The fourth-order valence-electron chi connectivity index (χ4n) is 1.33. The highest BCUT2D eigenvalue weighted by molar-refractivity contribution is 9.10. The topological polar surface area (TPSA) is 71.3 Å². The van der Waals surface area contributed by atoms with E-state index in [9.17, 15) is 8.42 Å². The van der Waals surface area contributed by atoms with Gasteiger partial charge in [-0.25, -0.2) is 13.1 Å². The molecule has 0 bridgehead atoms. The monoisotopic (exact) mass is 324 g/mol. The third kappa shape index (κ3) is 6.21. The zero-order chi connectivity index (χ0) is 12.9. The Morgan fingerprint density at radius 3 is 2.65 bits per heavy atom. The predicted octanol–water partition coefficient (Wildman–Crippen LogP) is 1.63. The predicted molar refractivity (Wildman–Crippen MR) is 70.3 cm³/mol. The van der Waals surface area contributed by atoms with E-state index in [1.807, 2.05) is 19.1 Å². The van der Waals surface area contributed by atoms with Gasteiger partial charge in [-0.15, -0.1) is 0 Å². The lowest BCUT2D eigenvalue weighted by Crippen LogP contribution is -2.27. The van der Waals surface area contributed by atoms with Gasteiger partial charge in [-0.05, 0) is 48.0 Å². The molecule has 0 aliphatic carbocycles. The van der Waals surface area contributed by atoms with Gasteiger partial charge in [0, 0.05) is 6.54 Å². The second-order valence-corrected chi connectivity index (χ2v) is 6.45. The summed E-state index contributed by atoms with van der Waals surface area (Å²) >= 11 is 3.24. The average molecular weight is 325 g/mol. The molecule has 1 aromatic rings. The Hall–Kier alpha value is -0.370. The molecular weight excluding hydrogens is 308 g/mol. The van der Waals surface area contributed by atoms with Crippen LogP contribution < -0.4 is 10.0 Å². The van der Waals surface area contributed by atoms with Gasteiger partial charge in [0.2, 0.25) is 10.0 Å². The van der Waals surface area contributed by atoms with Gasteiger partial charge >= 0.3 is 0 Å². The van der Waals surface area contributed by atoms with Gasteiger partial charge in [-0.2, -0.15) is 0 Å². The Labute approximate surface area is 110 Å². The van der Waals surface area contributed by atoms with Crippen LogP contribution in [-0.4, -0.2) is 27.8 Å². The van der Waals surface area contributed by atoms with Crippen molar-refractivity contribution in [1.29, 1.82) is 0 Å². The minimum atomic E-state index is -3.08. The summed E-state index contributed by atoms with van der Waals surface area (Å²) in [6, 6.07) is 3.86. The van der Waals surface area contributed by atoms with Crippen LogP contribution >= 0.6 is 15.9 Å². The van der Waals surface area contributed by atoms with E-state index < -0.39 is 10.0 Å². The number of rotatable bonds is 7. The zero-order valence-electron chi connectivity index (χ0n) is 9.86. The molecule has 17 heavy (non-hydrogen) atoms. The Kier molecular flexibility index (Phi) is 5.64. The van der Waals surface area contributed by atoms with Crippen LogP contribution in [-0.2, 0) is 10.0 Å². The zero-order valence-corrected chi connectivity index (χ0v) is 12.3. The maximum absolute atomic E-state index is 10.8. The number of hydrogen-bond acceptors (Lipinski definition) is 4. The summed E-state index contributed by atoms with van der Waals surface area (Å²) in [4.78, 5) is 0. The van der Waals surface area contributed by atoms with E-state index in [4.69, 9.17) is 4.42 Å². The molecule has 1 heterocycles. The summed E-state index contributed by atoms with van der Waals surface area (Å²) in [7, 11) is -3.08. The van der Waals surface area contributed by atoms with Crippen molar-refractivity contribution in [2.75, 3.05) is 19.3 Å². The summed E-state index contributed by atoms with van der Waals surface area (Å²) < 4.78 is 30.1. The van der Waals surface area contributed by atoms with Crippen LogP contribution in [0.2, 0.25) is 0 Å². The van der Waals surface area contributed by atoms with E-state index in [0.29, 0.717) is 11.2 Å². The molecule has 98 valence electrons. The van der Waals surface area contributed by atoms with Gasteiger partial charge < -0.3 is 9.73 Å². The number of halogens is 1. The van der Waals surface area contributed by atoms with Gasteiger partial charge in [0.15, 0.2) is 4.67 Å². The quantitative estimate of drug-likeness (QED) is 0.748. The van der Waals surface area contributed by atoms with E-state index in [-0.39, 0.29) is 6.04 Å². The molecule has 5 nitrogen and oxygen atoms in total. The normalized spacial score (nSPS) is 13.8. The van der Waals surface area contributed by atoms with Crippen molar-refractivity contribution in [3.05, 3.63) is 22.6 Å². The Bertz CT molecular complexity index is 444. The van der Waals surface area contributed by atoms with Gasteiger partial charge in [0.05, 0.1) is 12.3 Å². The molecule has 0 amide bonds. The highest BCUT2D eigenvalue weighted by Gasteiger charge is 2.08. The number of hydrogen-bond donors (Lipinski definition) is 2. The number of nitrogens with one attached hydrogen (secondary N) is 2. The molecule has 0 aliphatic rings. The first-order valence-electron chi connectivity index (χ1n) is 5.32. The molecule has 0 aliphatic heterocycles. The minimum Gasteiger partial charge on any atom is -0.453 e. The van der Waals surface area contributed by atoms with Crippen LogP contribution in [0.4, 0.5) is 0 Å². The summed E-state index contributed by atoms with van der Waals surface area (Å²) in [5.74, 6) is 0.855. The van der Waals surface area contributed by atoms with Crippen LogP contribution in [0.3, 0.4) is 0 Å². The van der Waals surface area contributed by atoms with Crippen LogP contribution in [0.15, 0.2) is 21.2 Å². The molecule has 2 N–H and O–H groups in total. The number of furan rings is 1. The average Bonchev–Trinajstić information content (AvgIpc) is 2.62. The van der Waals surface area contributed by atoms with Crippen LogP contribution in [0.5, 0.6) is 0 Å². The van der Waals surface area contributed by atoms with Crippen molar-refractivity contribution in [2.45, 2.75) is 19.4 Å². The third-order valence-electron chi connectivity index (χ3n) is 2.19. The van der Waals surface area contributed by atoms with Crippen molar-refractivity contribution in [3.8, 4) is 0 Å². The van der Waals surface area contributed by atoms with Crippen molar-refractivity contribution in [2.24, 2.45) is 0 Å². The first-order valence-corrected chi connectivity index (χ1v) is 8.00. The third-order valence-corrected chi connectivity index (χ3v) is 3.34. The summed E-state index contributed by atoms with van der Waals surface area (Å²) in [5.41, 5.74) is 0. The first kappa shape index (κ1) is 14.7. The van der Waals surface area contributed by atoms with E-state index in [1.165, 1.54) is 0 Å². The summed E-state index contributed by atoms with van der Waals surface area (Å²) in [5, 5.41) is 3.25. The van der Waals surface area contributed by atoms with E-state index in [0.717, 1.165) is 25.0 Å². The fourth-order valence-corrected chi connectivity index (χ4v) is 2.16. The molecule has 0 aromatic carbocycles. The number of sulfonamides is 1. The lowest BCUT2D eigenvalue weighted by atomic mass is 10.2. The molecular formula is C10H17BrN2O3S. The summed E-state index contributed by atoms with van der Waals surface area (Å²) in [6.07, 6.45) is 1.89. The van der Waals surface area contributed by atoms with Gasteiger partial charge in [0.1, 0.15) is 5.76 Å². The molecule has 0 saturated carbocycles. The lowest BCUT2D eigenvalue weighted by Gasteiger charge is -2.11. The van der Waals surface area contributed by atoms with Crippen molar-refractivity contribution < 1.29 is 12.8 Å². The highest BCUT2D eigenvalue weighted by atomic mass is 79.9. The molecule has 1 aromatic heterocycles. The molecule has 0 spiro atoms. The fraction of sp³-hybridized carbons (Fsp3) is 0.600. The van der Waals surface area contributed by atoms with Gasteiger partial charge in [-0.3, -0.25) is 0 Å². The second-order valence-electron chi connectivity index (χ2n) is 3.84. The molecule has 0 saturated heterocycles. The highest BCUT2D eigenvalue weighted by Crippen LogP contribution is 2.19. The molecule has 1 unspecified atom stereocenters. The summed E-state index contributed by atoms with van der Waals surface area (Å²) in [6.45, 7) is 3.16. The molecule has 0 fully saturated rings. The van der Waals surface area contributed by atoms with Crippen molar-refractivity contribution in [1.82, 2.24) is 10.0 Å². The minimum absolute atomic E-state index is 0.111. The van der Waals surface area contributed by atoms with Crippen molar-refractivity contribution in [3.63, 3.8) is 0 Å². The van der Waals surface area contributed by atoms with E-state index in [2.05, 4.69) is 26.0 Å². The van der Waals surface area contributed by atoms with Crippen LogP contribution in [0, 0.1) is 0 Å². The maximum atomic E-state index is 10.8. The maximum Gasteiger partial charge on any atom is 0.208 e. The Morgan fingerprint density at radius 2 is 2.12 bits per heavy atom. The van der Waals surface area contributed by atoms with Gasteiger partial charge in [0.25, 0.3) is 0 Å².